The van der Waals surface area contributed by atoms with Crippen molar-refractivity contribution in [3.63, 3.8) is 0 Å². The predicted octanol–water partition coefficient (Wildman–Crippen LogP) is 3.12. The van der Waals surface area contributed by atoms with Crippen LogP contribution in [-0.4, -0.2) is 24.5 Å². The molecule has 1 fully saturated rings. The maximum Gasteiger partial charge on any atom is 0.255 e. The Morgan fingerprint density at radius 1 is 1.08 bits per heavy atom. The summed E-state index contributed by atoms with van der Waals surface area (Å²) in [4.78, 5) is 24.3. The number of nitrogens with one attached hydrogen (secondary N) is 2. The Morgan fingerprint density at radius 3 is 2.68 bits per heavy atom. The zero-order chi connectivity index (χ0) is 17.5. The fourth-order valence-corrected chi connectivity index (χ4v) is 2.83. The van der Waals surface area contributed by atoms with Crippen molar-refractivity contribution in [3.05, 3.63) is 65.7 Å². The van der Waals surface area contributed by atoms with Gasteiger partial charge in [0.15, 0.2) is 0 Å². The van der Waals surface area contributed by atoms with Gasteiger partial charge in [0.25, 0.3) is 5.91 Å². The van der Waals surface area contributed by atoms with E-state index in [1.807, 2.05) is 42.5 Å². The van der Waals surface area contributed by atoms with E-state index < -0.39 is 0 Å². The number of benzene rings is 2. The number of para-hydroxylation sites is 1. The molecule has 5 nitrogen and oxygen atoms in total. The van der Waals surface area contributed by atoms with Crippen LogP contribution in [0.4, 0.5) is 5.69 Å². The van der Waals surface area contributed by atoms with Crippen molar-refractivity contribution in [2.24, 2.45) is 0 Å². The maximum atomic E-state index is 12.3. The Balaban J connectivity index is 1.53. The number of carbonyl (C=O) groups excluding carboxylic acids is 2. The molecule has 5 heteroatoms. The van der Waals surface area contributed by atoms with E-state index in [0.717, 1.165) is 30.7 Å². The smallest absolute Gasteiger partial charge is 0.255 e. The van der Waals surface area contributed by atoms with E-state index in [1.165, 1.54) is 0 Å². The Labute approximate surface area is 147 Å². The highest BCUT2D eigenvalue weighted by Gasteiger charge is 2.18. The summed E-state index contributed by atoms with van der Waals surface area (Å²) >= 11 is 0. The zero-order valence-electron chi connectivity index (χ0n) is 14.0. The van der Waals surface area contributed by atoms with E-state index in [2.05, 4.69) is 10.6 Å². The monoisotopic (exact) mass is 338 g/mol. The molecular formula is C20H22N2O3. The summed E-state index contributed by atoms with van der Waals surface area (Å²) in [6.07, 6.45) is 2.41. The van der Waals surface area contributed by atoms with Gasteiger partial charge in [0.1, 0.15) is 0 Å². The van der Waals surface area contributed by atoms with Crippen LogP contribution in [0.15, 0.2) is 54.6 Å². The summed E-state index contributed by atoms with van der Waals surface area (Å²) in [7, 11) is 0. The SMILES string of the molecule is O=C(C[C@@H]1CCCO1)NCc1cccc(C(=O)Nc2ccccc2)c1. The standard InChI is InChI=1S/C20H22N2O3/c23-19(13-18-10-5-11-25-18)21-14-15-6-4-7-16(12-15)20(24)22-17-8-2-1-3-9-17/h1-4,6-9,12,18H,5,10-11,13-14H2,(H,21,23)(H,22,24)/t18-/m0/s1. The van der Waals surface area contributed by atoms with Crippen molar-refractivity contribution < 1.29 is 14.3 Å². The molecule has 0 aliphatic carbocycles. The lowest BCUT2D eigenvalue weighted by Crippen LogP contribution is -2.26. The minimum atomic E-state index is -0.168. The third-order valence-corrected chi connectivity index (χ3v) is 4.15. The van der Waals surface area contributed by atoms with Crippen molar-refractivity contribution in [2.75, 3.05) is 11.9 Å². The molecule has 1 aliphatic rings. The molecule has 0 unspecified atom stereocenters. The van der Waals surface area contributed by atoms with E-state index >= 15 is 0 Å². The van der Waals surface area contributed by atoms with Crippen molar-refractivity contribution in [3.8, 4) is 0 Å². The number of hydrogen-bond acceptors (Lipinski definition) is 3. The molecule has 0 saturated carbocycles. The minimum Gasteiger partial charge on any atom is -0.378 e. The van der Waals surface area contributed by atoms with Gasteiger partial charge in [-0.2, -0.15) is 0 Å². The van der Waals surface area contributed by atoms with E-state index in [4.69, 9.17) is 4.74 Å². The maximum absolute atomic E-state index is 12.3. The normalized spacial score (nSPS) is 16.4. The number of anilines is 1. The van der Waals surface area contributed by atoms with Gasteiger partial charge in [-0.3, -0.25) is 9.59 Å². The molecule has 0 aromatic heterocycles. The van der Waals surface area contributed by atoms with Gasteiger partial charge in [0.05, 0.1) is 12.5 Å². The molecule has 2 aromatic rings. The lowest BCUT2D eigenvalue weighted by molar-refractivity contribution is -0.123. The second-order valence-corrected chi connectivity index (χ2v) is 6.14. The Morgan fingerprint density at radius 2 is 1.92 bits per heavy atom. The fraction of sp³-hybridized carbons (Fsp3) is 0.300. The van der Waals surface area contributed by atoms with Crippen molar-refractivity contribution in [1.82, 2.24) is 5.32 Å². The molecule has 2 N–H and O–H groups in total. The molecule has 0 bridgehead atoms. The second-order valence-electron chi connectivity index (χ2n) is 6.14. The average molecular weight is 338 g/mol. The van der Waals surface area contributed by atoms with Crippen LogP contribution in [0.2, 0.25) is 0 Å². The van der Waals surface area contributed by atoms with Gasteiger partial charge in [0.2, 0.25) is 5.91 Å². The lowest BCUT2D eigenvalue weighted by Gasteiger charge is -2.11. The fourth-order valence-electron chi connectivity index (χ4n) is 2.83. The van der Waals surface area contributed by atoms with Gasteiger partial charge in [-0.15, -0.1) is 0 Å². The van der Waals surface area contributed by atoms with Crippen LogP contribution >= 0.6 is 0 Å². The first kappa shape index (κ1) is 17.2. The summed E-state index contributed by atoms with van der Waals surface area (Å²) < 4.78 is 5.47. The molecule has 25 heavy (non-hydrogen) atoms. The highest BCUT2D eigenvalue weighted by Crippen LogP contribution is 2.15. The summed E-state index contributed by atoms with van der Waals surface area (Å²) in [5.74, 6) is -0.190. The summed E-state index contributed by atoms with van der Waals surface area (Å²) in [5, 5.41) is 5.75. The van der Waals surface area contributed by atoms with Crippen LogP contribution < -0.4 is 10.6 Å². The third kappa shape index (κ3) is 5.16. The first-order valence-corrected chi connectivity index (χ1v) is 8.54. The predicted molar refractivity (Wildman–Crippen MR) is 96.3 cm³/mol. The topological polar surface area (TPSA) is 67.4 Å². The number of ether oxygens (including phenoxy) is 1. The second kappa shape index (κ2) is 8.44. The van der Waals surface area contributed by atoms with E-state index in [1.54, 1.807) is 12.1 Å². The van der Waals surface area contributed by atoms with E-state index in [9.17, 15) is 9.59 Å². The average Bonchev–Trinajstić information content (AvgIpc) is 3.14. The van der Waals surface area contributed by atoms with Crippen LogP contribution in [0, 0.1) is 0 Å². The van der Waals surface area contributed by atoms with Crippen LogP contribution in [0.3, 0.4) is 0 Å². The number of amides is 2. The largest absolute Gasteiger partial charge is 0.378 e. The first-order valence-electron chi connectivity index (χ1n) is 8.54. The molecule has 2 aromatic carbocycles. The Hall–Kier alpha value is -2.66. The summed E-state index contributed by atoms with van der Waals surface area (Å²) in [6.45, 7) is 1.15. The van der Waals surface area contributed by atoms with Crippen LogP contribution in [0.25, 0.3) is 0 Å². The molecule has 2 amide bonds. The number of carbonyl (C=O) groups is 2. The molecule has 1 aliphatic heterocycles. The molecule has 3 rings (SSSR count). The van der Waals surface area contributed by atoms with Gasteiger partial charge in [-0.25, -0.2) is 0 Å². The summed E-state index contributed by atoms with van der Waals surface area (Å²) in [6, 6.07) is 16.6. The van der Waals surface area contributed by atoms with Crippen LogP contribution in [0.5, 0.6) is 0 Å². The van der Waals surface area contributed by atoms with Gasteiger partial charge >= 0.3 is 0 Å². The highest BCUT2D eigenvalue weighted by atomic mass is 16.5. The molecule has 1 saturated heterocycles. The van der Waals surface area contributed by atoms with Crippen molar-refractivity contribution in [1.29, 1.82) is 0 Å². The van der Waals surface area contributed by atoms with Crippen LogP contribution in [0.1, 0.15) is 35.2 Å². The molecule has 0 radical (unpaired) electrons. The van der Waals surface area contributed by atoms with Crippen molar-refractivity contribution >= 4 is 17.5 Å². The number of rotatable bonds is 6. The van der Waals surface area contributed by atoms with Gasteiger partial charge < -0.3 is 15.4 Å². The molecule has 130 valence electrons. The Bertz CT molecular complexity index is 725. The molecule has 0 spiro atoms. The van der Waals surface area contributed by atoms with E-state index in [-0.39, 0.29) is 17.9 Å². The van der Waals surface area contributed by atoms with E-state index in [0.29, 0.717) is 18.5 Å². The van der Waals surface area contributed by atoms with Gasteiger partial charge in [0, 0.05) is 24.4 Å². The molecule has 1 atom stereocenters. The molecule has 1 heterocycles. The first-order chi connectivity index (χ1) is 12.2. The molecular weight excluding hydrogens is 316 g/mol. The minimum absolute atomic E-state index is 0.0222. The van der Waals surface area contributed by atoms with Crippen LogP contribution in [-0.2, 0) is 16.1 Å². The quantitative estimate of drug-likeness (QED) is 0.850. The van der Waals surface area contributed by atoms with Gasteiger partial charge in [-0.1, -0.05) is 30.3 Å². The lowest BCUT2D eigenvalue weighted by atomic mass is 10.1. The zero-order valence-corrected chi connectivity index (χ0v) is 14.0. The third-order valence-electron chi connectivity index (χ3n) is 4.15. The van der Waals surface area contributed by atoms with Gasteiger partial charge in [-0.05, 0) is 42.7 Å². The Kier molecular flexibility index (Phi) is 5.80. The van der Waals surface area contributed by atoms with Crippen molar-refractivity contribution in [2.45, 2.75) is 31.9 Å². The highest BCUT2D eigenvalue weighted by molar-refractivity contribution is 6.04. The summed E-state index contributed by atoms with van der Waals surface area (Å²) in [5.41, 5.74) is 2.21. The number of hydrogen-bond donors (Lipinski definition) is 2.